The number of benzene rings is 1. The highest BCUT2D eigenvalue weighted by molar-refractivity contribution is 6.10. The summed E-state index contributed by atoms with van der Waals surface area (Å²) in [6.45, 7) is 14.6. The fraction of sp³-hybridized carbons (Fsp3) is 0.553. The van der Waals surface area contributed by atoms with Crippen LogP contribution in [0, 0.1) is 17.2 Å². The number of hydrogen-bond acceptors (Lipinski definition) is 6. The van der Waals surface area contributed by atoms with Crippen LogP contribution in [0.25, 0.3) is 16.6 Å². The second kappa shape index (κ2) is 12.9. The average Bonchev–Trinajstić information content (AvgIpc) is 3.52. The third-order valence-corrected chi connectivity index (χ3v) is 10.2. The molecule has 10 nitrogen and oxygen atoms in total. The molecule has 1 aliphatic carbocycles. The Morgan fingerprint density at radius 1 is 1.00 bits per heavy atom. The number of carbonyl (C=O) groups is 4. The Kier molecular flexibility index (Phi) is 9.09. The predicted molar refractivity (Wildman–Crippen MR) is 184 cm³/mol. The van der Waals surface area contributed by atoms with Crippen LogP contribution in [0.3, 0.4) is 0 Å². The molecule has 3 aromatic rings. The number of carbonyl (C=O) groups excluding carboxylic acids is 4. The lowest BCUT2D eigenvalue weighted by Gasteiger charge is -2.35. The first-order valence-electron chi connectivity index (χ1n) is 17.5. The second-order valence-corrected chi connectivity index (χ2v) is 15.7. The van der Waals surface area contributed by atoms with Gasteiger partial charge in [-0.15, -0.1) is 0 Å². The number of amides is 3. The van der Waals surface area contributed by atoms with Gasteiger partial charge in [-0.3, -0.25) is 24.3 Å². The van der Waals surface area contributed by atoms with Crippen LogP contribution in [0.1, 0.15) is 101 Å². The maximum Gasteiger partial charge on any atom is 0.410 e. The van der Waals surface area contributed by atoms with E-state index >= 15 is 0 Å². The van der Waals surface area contributed by atoms with E-state index in [0.29, 0.717) is 61.1 Å². The largest absolute Gasteiger partial charge is 0.444 e. The third-order valence-electron chi connectivity index (χ3n) is 10.2. The Morgan fingerprint density at radius 3 is 2.29 bits per heavy atom. The van der Waals surface area contributed by atoms with Crippen LogP contribution in [-0.2, 0) is 9.53 Å². The molecule has 1 atom stereocenters. The third kappa shape index (κ3) is 6.81. The SMILES string of the molecule is CC(C)N(C(=O)c1cc(F)ccc1-n1cc(C(=O)C2CCN(C(=O)[C@@H]3CC4(CC4)CN3C(=O)OC(C)(C)C)CC2)c2ccncc21)C(C)C. The molecule has 0 unspecified atom stereocenters. The Hall–Kier alpha value is -4.28. The zero-order valence-corrected chi connectivity index (χ0v) is 29.7. The summed E-state index contributed by atoms with van der Waals surface area (Å²) < 4.78 is 22.1. The van der Waals surface area contributed by atoms with Crippen LogP contribution in [0.2, 0.25) is 0 Å². The molecule has 0 N–H and O–H groups in total. The fourth-order valence-electron chi connectivity index (χ4n) is 7.68. The minimum Gasteiger partial charge on any atom is -0.444 e. The Morgan fingerprint density at radius 2 is 1.67 bits per heavy atom. The van der Waals surface area contributed by atoms with E-state index in [2.05, 4.69) is 4.98 Å². The number of nitrogens with zero attached hydrogens (tertiary/aromatic N) is 5. The van der Waals surface area contributed by atoms with Gasteiger partial charge in [0.2, 0.25) is 5.91 Å². The molecule has 2 aromatic heterocycles. The highest BCUT2D eigenvalue weighted by Crippen LogP contribution is 2.55. The summed E-state index contributed by atoms with van der Waals surface area (Å²) in [6, 6.07) is 5.17. The average molecular weight is 674 g/mol. The first kappa shape index (κ1) is 34.6. The minimum atomic E-state index is -0.655. The van der Waals surface area contributed by atoms with Crippen molar-refractivity contribution in [1.29, 1.82) is 0 Å². The van der Waals surface area contributed by atoms with Gasteiger partial charge in [-0.05, 0) is 110 Å². The van der Waals surface area contributed by atoms with Gasteiger partial charge < -0.3 is 19.1 Å². The van der Waals surface area contributed by atoms with E-state index in [0.717, 1.165) is 12.8 Å². The van der Waals surface area contributed by atoms with Gasteiger partial charge in [-0.25, -0.2) is 9.18 Å². The molecule has 4 heterocycles. The molecule has 262 valence electrons. The normalized spacial score (nSPS) is 19.3. The number of hydrogen-bond donors (Lipinski definition) is 0. The van der Waals surface area contributed by atoms with Crippen molar-refractivity contribution in [3.8, 4) is 5.69 Å². The van der Waals surface area contributed by atoms with Crippen LogP contribution in [-0.4, -0.2) is 91.3 Å². The molecule has 1 aromatic carbocycles. The van der Waals surface area contributed by atoms with Gasteiger partial charge >= 0.3 is 6.09 Å². The standard InChI is InChI=1S/C38H48FN5O5/c1-23(2)44(24(3)4)34(46)28-18-26(39)8-9-30(28)42-21-29(27-10-15-40-20-32(27)42)33(45)25-11-16-41(17-12-25)35(47)31-19-38(13-14-38)22-43(31)36(48)49-37(5,6)7/h8-10,15,18,20-21,23-25,31H,11-14,16-17,19,22H2,1-7H3/t31-/m0/s1. The highest BCUT2D eigenvalue weighted by atomic mass is 19.1. The van der Waals surface area contributed by atoms with E-state index in [-0.39, 0.29) is 46.6 Å². The van der Waals surface area contributed by atoms with E-state index in [1.807, 2.05) is 48.5 Å². The van der Waals surface area contributed by atoms with Crippen molar-refractivity contribution in [2.75, 3.05) is 19.6 Å². The Bertz CT molecular complexity index is 1770. The number of piperidine rings is 1. The Labute approximate surface area is 287 Å². The summed E-state index contributed by atoms with van der Waals surface area (Å²) in [5, 5.41) is 0.694. The monoisotopic (exact) mass is 673 g/mol. The number of aromatic nitrogens is 2. The molecule has 1 saturated carbocycles. The van der Waals surface area contributed by atoms with Crippen LogP contribution in [0.5, 0.6) is 0 Å². The van der Waals surface area contributed by atoms with Gasteiger partial charge in [-0.2, -0.15) is 0 Å². The van der Waals surface area contributed by atoms with Crippen LogP contribution in [0.15, 0.2) is 42.9 Å². The molecular weight excluding hydrogens is 625 g/mol. The molecule has 2 aliphatic heterocycles. The lowest BCUT2D eigenvalue weighted by molar-refractivity contribution is -0.137. The quantitative estimate of drug-likeness (QED) is 0.261. The number of halogens is 1. The van der Waals surface area contributed by atoms with E-state index in [4.69, 9.17) is 4.74 Å². The van der Waals surface area contributed by atoms with Crippen LogP contribution < -0.4 is 0 Å². The summed E-state index contributed by atoms with van der Waals surface area (Å²) in [4.78, 5) is 64.4. The van der Waals surface area contributed by atoms with Crippen molar-refractivity contribution >= 4 is 34.6 Å². The number of Topliss-reactive ketones (excluding diaryl/α,β-unsaturated/α-hetero) is 1. The van der Waals surface area contributed by atoms with Gasteiger partial charge in [0.1, 0.15) is 17.5 Å². The lowest BCUT2D eigenvalue weighted by Crippen LogP contribution is -2.51. The van der Waals surface area contributed by atoms with E-state index in [9.17, 15) is 23.6 Å². The van der Waals surface area contributed by atoms with E-state index in [1.54, 1.807) is 50.0 Å². The molecular formula is C38H48FN5O5. The summed E-state index contributed by atoms with van der Waals surface area (Å²) >= 11 is 0. The first-order valence-corrected chi connectivity index (χ1v) is 17.5. The number of ketones is 1. The van der Waals surface area contributed by atoms with Crippen molar-refractivity contribution in [3.63, 3.8) is 0 Å². The van der Waals surface area contributed by atoms with Crippen molar-refractivity contribution in [3.05, 3.63) is 59.8 Å². The van der Waals surface area contributed by atoms with E-state index < -0.39 is 23.6 Å². The van der Waals surface area contributed by atoms with Crippen molar-refractivity contribution in [1.82, 2.24) is 24.3 Å². The molecule has 2 saturated heterocycles. The topological polar surface area (TPSA) is 105 Å². The summed E-state index contributed by atoms with van der Waals surface area (Å²) in [7, 11) is 0. The van der Waals surface area contributed by atoms with Crippen molar-refractivity contribution < 1.29 is 28.3 Å². The molecule has 3 amide bonds. The molecule has 1 spiro atoms. The Balaban J connectivity index is 1.22. The predicted octanol–water partition coefficient (Wildman–Crippen LogP) is 6.63. The van der Waals surface area contributed by atoms with Gasteiger partial charge in [0.05, 0.1) is 23.0 Å². The zero-order valence-electron chi connectivity index (χ0n) is 29.7. The fourth-order valence-corrected chi connectivity index (χ4v) is 7.68. The van der Waals surface area contributed by atoms with E-state index in [1.165, 1.54) is 12.1 Å². The van der Waals surface area contributed by atoms with Crippen molar-refractivity contribution in [2.24, 2.45) is 11.3 Å². The highest BCUT2D eigenvalue weighted by Gasteiger charge is 2.56. The smallest absolute Gasteiger partial charge is 0.410 e. The molecule has 3 fully saturated rings. The number of pyridine rings is 1. The molecule has 6 rings (SSSR count). The zero-order chi connectivity index (χ0) is 35.4. The number of ether oxygens (including phenoxy) is 1. The summed E-state index contributed by atoms with van der Waals surface area (Å²) in [5.41, 5.74) is 1.17. The summed E-state index contributed by atoms with van der Waals surface area (Å²) in [6.07, 6.45) is 8.22. The van der Waals surface area contributed by atoms with Crippen LogP contribution in [0.4, 0.5) is 9.18 Å². The van der Waals surface area contributed by atoms with Crippen LogP contribution >= 0.6 is 0 Å². The molecule has 0 bridgehead atoms. The molecule has 3 aliphatic rings. The number of rotatable bonds is 7. The van der Waals surface area contributed by atoms with Crippen molar-refractivity contribution in [2.45, 2.75) is 104 Å². The first-order chi connectivity index (χ1) is 23.1. The maximum absolute atomic E-state index is 14.6. The lowest BCUT2D eigenvalue weighted by atomic mass is 9.88. The number of likely N-dealkylation sites (tertiary alicyclic amines) is 2. The minimum absolute atomic E-state index is 0.0193. The summed E-state index contributed by atoms with van der Waals surface area (Å²) in [5.74, 6) is -1.26. The van der Waals surface area contributed by atoms with Gasteiger partial charge in [0.15, 0.2) is 5.78 Å². The van der Waals surface area contributed by atoms with Gasteiger partial charge in [0.25, 0.3) is 5.91 Å². The van der Waals surface area contributed by atoms with Gasteiger partial charge in [0, 0.05) is 61.0 Å². The molecule has 0 radical (unpaired) electrons. The number of fused-ring (bicyclic) bond motifs is 1. The van der Waals surface area contributed by atoms with Gasteiger partial charge in [-0.1, -0.05) is 0 Å². The maximum atomic E-state index is 14.6. The molecule has 49 heavy (non-hydrogen) atoms. The molecule has 11 heteroatoms. The second-order valence-electron chi connectivity index (χ2n) is 15.7.